The highest BCUT2D eigenvalue weighted by Gasteiger charge is 2.43. The number of hydrogen-bond acceptors (Lipinski definition) is 4. The number of primary amides is 1. The number of thiazole rings is 1. The highest BCUT2D eigenvalue weighted by atomic mass is 32.1. The van der Waals surface area contributed by atoms with Crippen LogP contribution in [-0.4, -0.2) is 21.8 Å². The largest absolute Gasteiger partial charge is 0.364 e. The molecule has 3 aromatic rings. The van der Waals surface area contributed by atoms with Gasteiger partial charge >= 0.3 is 0 Å². The van der Waals surface area contributed by atoms with E-state index in [1.807, 2.05) is 5.38 Å². The quantitative estimate of drug-likeness (QED) is 0.609. The molecule has 2 amide bonds. The summed E-state index contributed by atoms with van der Waals surface area (Å²) < 4.78 is 13.3. The van der Waals surface area contributed by atoms with Gasteiger partial charge in [0, 0.05) is 17.1 Å². The van der Waals surface area contributed by atoms with Gasteiger partial charge in [0.05, 0.1) is 11.1 Å². The Morgan fingerprint density at radius 2 is 1.93 bits per heavy atom. The van der Waals surface area contributed by atoms with Crippen LogP contribution >= 0.6 is 11.3 Å². The minimum atomic E-state index is -0.660. The Kier molecular flexibility index (Phi) is 4.72. The van der Waals surface area contributed by atoms with Gasteiger partial charge in [-0.05, 0) is 36.6 Å². The third-order valence-corrected chi connectivity index (χ3v) is 6.02. The van der Waals surface area contributed by atoms with Crippen LogP contribution in [0.2, 0.25) is 0 Å². The zero-order valence-corrected chi connectivity index (χ0v) is 15.8. The highest BCUT2D eigenvalue weighted by molar-refractivity contribution is 7.14. The molecule has 2 heterocycles. The van der Waals surface area contributed by atoms with Crippen LogP contribution in [0.15, 0.2) is 41.9 Å². The van der Waals surface area contributed by atoms with Crippen molar-refractivity contribution >= 4 is 28.3 Å². The van der Waals surface area contributed by atoms with Crippen LogP contribution in [0.4, 0.5) is 9.52 Å². The van der Waals surface area contributed by atoms with Crippen molar-refractivity contribution in [1.82, 2.24) is 9.97 Å². The maximum atomic E-state index is 13.3. The summed E-state index contributed by atoms with van der Waals surface area (Å²) >= 11 is 1.31. The second-order valence-electron chi connectivity index (χ2n) is 6.95. The van der Waals surface area contributed by atoms with Gasteiger partial charge in [0.2, 0.25) is 5.91 Å². The number of amides is 2. The minimum absolute atomic E-state index is 0.121. The predicted molar refractivity (Wildman–Crippen MR) is 106 cm³/mol. The van der Waals surface area contributed by atoms with Gasteiger partial charge in [-0.15, -0.1) is 11.3 Å². The lowest BCUT2D eigenvalue weighted by molar-refractivity contribution is -0.121. The molecule has 0 bridgehead atoms. The number of nitrogens with one attached hydrogen (secondary N) is 2. The lowest BCUT2D eigenvalue weighted by Gasteiger charge is -2.27. The number of nitrogens with two attached hydrogens (primary N) is 1. The SMILES string of the molecule is NC(=O)c1cc(-c2csc(NC(=O)C3(c4ccc(F)cc4)CCCC3)n2)c[nH]1. The van der Waals surface area contributed by atoms with Gasteiger partial charge < -0.3 is 16.0 Å². The number of hydrogen-bond donors (Lipinski definition) is 3. The molecule has 0 unspecified atom stereocenters. The molecule has 1 aliphatic carbocycles. The average Bonchev–Trinajstić information content (AvgIpc) is 3.42. The third-order valence-electron chi connectivity index (χ3n) is 5.26. The van der Waals surface area contributed by atoms with E-state index >= 15 is 0 Å². The maximum absolute atomic E-state index is 13.3. The fraction of sp³-hybridized carbons (Fsp3) is 0.250. The van der Waals surface area contributed by atoms with Crippen molar-refractivity contribution in [1.29, 1.82) is 0 Å². The standard InChI is InChI=1S/C20H19FN4O2S/c21-14-5-3-13(4-6-14)20(7-1-2-8-20)18(27)25-19-24-16(11-28-19)12-9-15(17(22)26)23-10-12/h3-6,9-11,23H,1-2,7-8H2,(H2,22,26)(H,24,25,27). The topological polar surface area (TPSA) is 101 Å². The number of carbonyl (C=O) groups excluding carboxylic acids is 2. The molecule has 0 spiro atoms. The molecule has 0 saturated heterocycles. The smallest absolute Gasteiger partial charge is 0.265 e. The van der Waals surface area contributed by atoms with Gasteiger partial charge in [-0.25, -0.2) is 9.37 Å². The molecule has 4 rings (SSSR count). The molecule has 0 radical (unpaired) electrons. The summed E-state index contributed by atoms with van der Waals surface area (Å²) in [4.78, 5) is 31.6. The normalized spacial score (nSPS) is 15.5. The van der Waals surface area contributed by atoms with Crippen LogP contribution in [0.1, 0.15) is 41.7 Å². The molecule has 28 heavy (non-hydrogen) atoms. The number of rotatable bonds is 5. The van der Waals surface area contributed by atoms with Crippen molar-refractivity contribution in [2.24, 2.45) is 5.73 Å². The van der Waals surface area contributed by atoms with Crippen molar-refractivity contribution in [3.8, 4) is 11.3 Å². The van der Waals surface area contributed by atoms with Gasteiger partial charge in [-0.3, -0.25) is 9.59 Å². The number of anilines is 1. The van der Waals surface area contributed by atoms with E-state index in [0.29, 0.717) is 16.5 Å². The molecule has 144 valence electrons. The van der Waals surface area contributed by atoms with Gasteiger partial charge in [0.15, 0.2) is 5.13 Å². The van der Waals surface area contributed by atoms with E-state index < -0.39 is 11.3 Å². The van der Waals surface area contributed by atoms with Crippen molar-refractivity contribution in [2.45, 2.75) is 31.1 Å². The van der Waals surface area contributed by atoms with Crippen LogP contribution in [0.25, 0.3) is 11.3 Å². The number of halogens is 1. The molecule has 8 heteroatoms. The summed E-state index contributed by atoms with van der Waals surface area (Å²) in [6, 6.07) is 7.80. The Bertz CT molecular complexity index is 1020. The first-order chi connectivity index (χ1) is 13.5. The van der Waals surface area contributed by atoms with Crippen molar-refractivity contribution < 1.29 is 14.0 Å². The Balaban J connectivity index is 1.56. The number of nitrogens with zero attached hydrogens (tertiary/aromatic N) is 1. The number of benzene rings is 1. The summed E-state index contributed by atoms with van der Waals surface area (Å²) in [5.41, 5.74) is 7.10. The lowest BCUT2D eigenvalue weighted by atomic mass is 9.78. The molecule has 6 nitrogen and oxygen atoms in total. The summed E-state index contributed by atoms with van der Waals surface area (Å²) in [5.74, 6) is -0.981. The number of aromatic amines is 1. The first kappa shape index (κ1) is 18.4. The zero-order chi connectivity index (χ0) is 19.7. The van der Waals surface area contributed by atoms with Crippen molar-refractivity contribution in [3.63, 3.8) is 0 Å². The molecule has 1 fully saturated rings. The summed E-state index contributed by atoms with van der Waals surface area (Å²) in [6.45, 7) is 0. The lowest BCUT2D eigenvalue weighted by Crippen LogP contribution is -2.38. The Hall–Kier alpha value is -3.00. The predicted octanol–water partition coefficient (Wildman–Crippen LogP) is 3.83. The number of H-pyrrole nitrogens is 1. The highest BCUT2D eigenvalue weighted by Crippen LogP contribution is 2.42. The van der Waals surface area contributed by atoms with Gasteiger partial charge in [0.1, 0.15) is 11.5 Å². The van der Waals surface area contributed by atoms with Crippen LogP contribution in [-0.2, 0) is 10.2 Å². The van der Waals surface area contributed by atoms with Crippen LogP contribution < -0.4 is 11.1 Å². The fourth-order valence-electron chi connectivity index (χ4n) is 3.76. The molecule has 4 N–H and O–H groups in total. The molecule has 1 aliphatic rings. The summed E-state index contributed by atoms with van der Waals surface area (Å²) in [6.07, 6.45) is 5.00. The van der Waals surface area contributed by atoms with E-state index in [1.165, 1.54) is 23.5 Å². The van der Waals surface area contributed by atoms with Gasteiger partial charge in [-0.2, -0.15) is 0 Å². The molecule has 0 aliphatic heterocycles. The van der Waals surface area contributed by atoms with E-state index in [2.05, 4.69) is 15.3 Å². The van der Waals surface area contributed by atoms with E-state index in [9.17, 15) is 14.0 Å². The number of carbonyl (C=O) groups is 2. The Morgan fingerprint density at radius 3 is 2.57 bits per heavy atom. The zero-order valence-electron chi connectivity index (χ0n) is 15.0. The Labute approximate surface area is 165 Å². The van der Waals surface area contributed by atoms with Crippen molar-refractivity contribution in [2.75, 3.05) is 5.32 Å². The molecule has 0 atom stereocenters. The first-order valence-electron chi connectivity index (χ1n) is 8.99. The maximum Gasteiger partial charge on any atom is 0.265 e. The van der Waals surface area contributed by atoms with E-state index in [-0.39, 0.29) is 11.7 Å². The van der Waals surface area contributed by atoms with E-state index in [4.69, 9.17) is 5.73 Å². The molecule has 2 aromatic heterocycles. The third kappa shape index (κ3) is 3.31. The van der Waals surface area contributed by atoms with Crippen LogP contribution in [0.5, 0.6) is 0 Å². The first-order valence-corrected chi connectivity index (χ1v) is 9.87. The number of aromatic nitrogens is 2. The van der Waals surface area contributed by atoms with E-state index in [1.54, 1.807) is 24.4 Å². The minimum Gasteiger partial charge on any atom is -0.364 e. The van der Waals surface area contributed by atoms with Gasteiger partial charge in [-0.1, -0.05) is 25.0 Å². The van der Waals surface area contributed by atoms with Crippen LogP contribution in [0.3, 0.4) is 0 Å². The fourth-order valence-corrected chi connectivity index (χ4v) is 4.47. The molecule has 1 aromatic carbocycles. The summed E-state index contributed by atoms with van der Waals surface area (Å²) in [5, 5.41) is 5.22. The summed E-state index contributed by atoms with van der Waals surface area (Å²) in [7, 11) is 0. The van der Waals surface area contributed by atoms with Crippen LogP contribution in [0, 0.1) is 5.82 Å². The van der Waals surface area contributed by atoms with Crippen molar-refractivity contribution in [3.05, 3.63) is 59.0 Å². The monoisotopic (exact) mass is 398 g/mol. The second kappa shape index (κ2) is 7.20. The Morgan fingerprint density at radius 1 is 1.21 bits per heavy atom. The molecular formula is C20H19FN4O2S. The van der Waals surface area contributed by atoms with Gasteiger partial charge in [0.25, 0.3) is 5.91 Å². The van der Waals surface area contributed by atoms with E-state index in [0.717, 1.165) is 36.8 Å². The molecular weight excluding hydrogens is 379 g/mol. The molecule has 1 saturated carbocycles. The average molecular weight is 398 g/mol. The second-order valence-corrected chi connectivity index (χ2v) is 7.81.